The van der Waals surface area contributed by atoms with Gasteiger partial charge in [0.1, 0.15) is 12.3 Å². The summed E-state index contributed by atoms with van der Waals surface area (Å²) in [5.41, 5.74) is 0. The molecule has 0 aromatic heterocycles. The van der Waals surface area contributed by atoms with Crippen LogP contribution in [0, 0.1) is 11.6 Å². The molecule has 0 spiro atoms. The molecule has 0 saturated carbocycles. The third-order valence-corrected chi connectivity index (χ3v) is 2.76. The molecule has 0 heterocycles. The lowest BCUT2D eigenvalue weighted by atomic mass is 10.2. The molecule has 1 amide bonds. The summed E-state index contributed by atoms with van der Waals surface area (Å²) in [4.78, 5) is 24.0. The van der Waals surface area contributed by atoms with Crippen LogP contribution in [0.15, 0.2) is 18.2 Å². The van der Waals surface area contributed by atoms with E-state index in [2.05, 4.69) is 0 Å². The van der Waals surface area contributed by atoms with E-state index in [9.17, 15) is 18.4 Å². The largest absolute Gasteiger partial charge is 0.481 e. The second kappa shape index (κ2) is 7.01. The fourth-order valence-electron chi connectivity index (χ4n) is 1.70. The average Bonchev–Trinajstić information content (AvgIpc) is 2.39. The molecule has 0 aliphatic carbocycles. The van der Waals surface area contributed by atoms with Gasteiger partial charge in [0, 0.05) is 12.1 Å². The van der Waals surface area contributed by atoms with Gasteiger partial charge in [-0.05, 0) is 32.9 Å². The molecule has 1 N–H and O–H groups in total. The normalized spacial score (nSPS) is 12.1. The van der Waals surface area contributed by atoms with Gasteiger partial charge in [-0.2, -0.15) is 0 Å². The maximum atomic E-state index is 13.1. The van der Waals surface area contributed by atoms with E-state index in [-0.39, 0.29) is 11.8 Å². The lowest BCUT2D eigenvalue weighted by Crippen LogP contribution is -2.46. The SMILES string of the molecule is CC(Oc1ccc(F)c(F)c1)C(=O)N(CC(=O)O)C(C)C. The van der Waals surface area contributed by atoms with E-state index in [1.54, 1.807) is 13.8 Å². The highest BCUT2D eigenvalue weighted by Crippen LogP contribution is 2.17. The van der Waals surface area contributed by atoms with Crippen LogP contribution >= 0.6 is 0 Å². The van der Waals surface area contributed by atoms with Gasteiger partial charge in [-0.25, -0.2) is 8.78 Å². The number of carboxylic acids is 1. The summed E-state index contributed by atoms with van der Waals surface area (Å²) >= 11 is 0. The first-order valence-corrected chi connectivity index (χ1v) is 6.36. The molecule has 1 unspecified atom stereocenters. The first-order valence-electron chi connectivity index (χ1n) is 6.36. The molecule has 1 aromatic carbocycles. The monoisotopic (exact) mass is 301 g/mol. The number of benzene rings is 1. The number of rotatable bonds is 6. The Hall–Kier alpha value is -2.18. The van der Waals surface area contributed by atoms with Crippen LogP contribution in [0.2, 0.25) is 0 Å². The van der Waals surface area contributed by atoms with Crippen molar-refractivity contribution < 1.29 is 28.2 Å². The van der Waals surface area contributed by atoms with E-state index in [0.29, 0.717) is 0 Å². The number of ether oxygens (including phenoxy) is 1. The molecule has 0 fully saturated rings. The van der Waals surface area contributed by atoms with Gasteiger partial charge >= 0.3 is 5.97 Å². The van der Waals surface area contributed by atoms with Gasteiger partial charge in [-0.1, -0.05) is 0 Å². The van der Waals surface area contributed by atoms with Crippen molar-refractivity contribution in [3.05, 3.63) is 29.8 Å². The van der Waals surface area contributed by atoms with Crippen LogP contribution in [0.3, 0.4) is 0 Å². The molecule has 5 nitrogen and oxygen atoms in total. The highest BCUT2D eigenvalue weighted by Gasteiger charge is 2.26. The predicted octanol–water partition coefficient (Wildman–Crippen LogP) is 2.05. The summed E-state index contributed by atoms with van der Waals surface area (Å²) in [5.74, 6) is -3.79. The molecule has 116 valence electrons. The van der Waals surface area contributed by atoms with E-state index in [0.717, 1.165) is 17.0 Å². The lowest BCUT2D eigenvalue weighted by molar-refractivity contribution is -0.149. The molecule has 0 aliphatic heterocycles. The van der Waals surface area contributed by atoms with Crippen molar-refractivity contribution in [1.29, 1.82) is 0 Å². The molecule has 0 radical (unpaired) electrons. The Kier molecular flexibility index (Phi) is 5.63. The van der Waals surface area contributed by atoms with Crippen molar-refractivity contribution in [3.63, 3.8) is 0 Å². The first kappa shape index (κ1) is 16.9. The fraction of sp³-hybridized carbons (Fsp3) is 0.429. The summed E-state index contributed by atoms with van der Waals surface area (Å²) < 4.78 is 31.1. The van der Waals surface area contributed by atoms with Crippen molar-refractivity contribution >= 4 is 11.9 Å². The number of hydrogen-bond acceptors (Lipinski definition) is 3. The van der Waals surface area contributed by atoms with Crippen molar-refractivity contribution in [1.82, 2.24) is 4.90 Å². The molecule has 1 aromatic rings. The van der Waals surface area contributed by atoms with E-state index in [1.165, 1.54) is 13.0 Å². The Bertz CT molecular complexity index is 534. The highest BCUT2D eigenvalue weighted by atomic mass is 19.2. The zero-order valence-corrected chi connectivity index (χ0v) is 12.0. The Morgan fingerprint density at radius 2 is 1.86 bits per heavy atom. The van der Waals surface area contributed by atoms with E-state index >= 15 is 0 Å². The van der Waals surface area contributed by atoms with E-state index < -0.39 is 36.2 Å². The quantitative estimate of drug-likeness (QED) is 0.873. The number of halogens is 2. The molecule has 0 saturated heterocycles. The maximum Gasteiger partial charge on any atom is 0.323 e. The summed E-state index contributed by atoms with van der Waals surface area (Å²) in [5, 5.41) is 8.79. The third kappa shape index (κ3) is 4.70. The van der Waals surface area contributed by atoms with Crippen LogP contribution in [0.4, 0.5) is 8.78 Å². The number of carbonyl (C=O) groups excluding carboxylic acids is 1. The van der Waals surface area contributed by atoms with Crippen molar-refractivity contribution in [3.8, 4) is 5.75 Å². The van der Waals surface area contributed by atoms with E-state index in [1.807, 2.05) is 0 Å². The average molecular weight is 301 g/mol. The molecule has 1 atom stereocenters. The Balaban J connectivity index is 2.80. The van der Waals surface area contributed by atoms with Gasteiger partial charge in [0.25, 0.3) is 5.91 Å². The van der Waals surface area contributed by atoms with Gasteiger partial charge in [-0.3, -0.25) is 9.59 Å². The fourth-order valence-corrected chi connectivity index (χ4v) is 1.70. The van der Waals surface area contributed by atoms with Crippen LogP contribution in [-0.2, 0) is 9.59 Å². The van der Waals surface area contributed by atoms with Crippen LogP contribution in [-0.4, -0.2) is 40.6 Å². The lowest BCUT2D eigenvalue weighted by Gasteiger charge is -2.28. The van der Waals surface area contributed by atoms with Crippen LogP contribution in [0.25, 0.3) is 0 Å². The summed E-state index contributed by atoms with van der Waals surface area (Å²) in [6.45, 7) is 4.30. The predicted molar refractivity (Wildman–Crippen MR) is 70.9 cm³/mol. The van der Waals surface area contributed by atoms with Gasteiger partial charge in [0.2, 0.25) is 0 Å². The summed E-state index contributed by atoms with van der Waals surface area (Å²) in [6, 6.07) is 2.58. The minimum absolute atomic E-state index is 0.00576. The molecule has 21 heavy (non-hydrogen) atoms. The minimum Gasteiger partial charge on any atom is -0.481 e. The zero-order chi connectivity index (χ0) is 16.2. The topological polar surface area (TPSA) is 66.8 Å². The second-order valence-electron chi connectivity index (χ2n) is 4.79. The molecule has 0 bridgehead atoms. The van der Waals surface area contributed by atoms with Gasteiger partial charge in [0.15, 0.2) is 17.7 Å². The number of carboxylic acid groups (broad SMARTS) is 1. The molecule has 1 rings (SSSR count). The number of hydrogen-bond donors (Lipinski definition) is 1. The summed E-state index contributed by atoms with van der Waals surface area (Å²) in [6.07, 6.45) is -1.02. The minimum atomic E-state index is -1.14. The van der Waals surface area contributed by atoms with Crippen LogP contribution in [0.1, 0.15) is 20.8 Å². The number of nitrogens with zero attached hydrogens (tertiary/aromatic N) is 1. The third-order valence-electron chi connectivity index (χ3n) is 2.76. The van der Waals surface area contributed by atoms with Crippen molar-refractivity contribution in [2.75, 3.05) is 6.54 Å². The van der Waals surface area contributed by atoms with Crippen molar-refractivity contribution in [2.24, 2.45) is 0 Å². The van der Waals surface area contributed by atoms with Gasteiger partial charge in [0.05, 0.1) is 0 Å². The first-order chi connectivity index (χ1) is 9.72. The molecule has 0 aliphatic rings. The van der Waals surface area contributed by atoms with Gasteiger partial charge < -0.3 is 14.7 Å². The molecular formula is C14H17F2NO4. The van der Waals surface area contributed by atoms with Crippen LogP contribution < -0.4 is 4.74 Å². The second-order valence-corrected chi connectivity index (χ2v) is 4.79. The Morgan fingerprint density at radius 3 is 2.33 bits per heavy atom. The Morgan fingerprint density at radius 1 is 1.24 bits per heavy atom. The van der Waals surface area contributed by atoms with Crippen molar-refractivity contribution in [2.45, 2.75) is 32.9 Å². The number of amides is 1. The molecular weight excluding hydrogens is 284 g/mol. The number of carbonyl (C=O) groups is 2. The number of aliphatic carboxylic acids is 1. The zero-order valence-electron chi connectivity index (χ0n) is 12.0. The highest BCUT2D eigenvalue weighted by molar-refractivity contribution is 5.84. The van der Waals surface area contributed by atoms with Crippen LogP contribution in [0.5, 0.6) is 5.75 Å². The van der Waals surface area contributed by atoms with E-state index in [4.69, 9.17) is 9.84 Å². The maximum absolute atomic E-state index is 13.1. The molecule has 7 heteroatoms. The summed E-state index contributed by atoms with van der Waals surface area (Å²) in [7, 11) is 0. The standard InChI is InChI=1S/C14H17F2NO4/c1-8(2)17(7-13(18)19)14(20)9(3)21-10-4-5-11(15)12(16)6-10/h4-6,8-9H,7H2,1-3H3,(H,18,19). The smallest absolute Gasteiger partial charge is 0.323 e. The Labute approximate surface area is 121 Å². The van der Waals surface area contributed by atoms with Gasteiger partial charge in [-0.15, -0.1) is 0 Å².